The molecule has 116 valence electrons. The first kappa shape index (κ1) is 13.6. The first-order valence-electron chi connectivity index (χ1n) is 7.27. The molecule has 4 rings (SSSR count). The number of halogens is 1. The maximum absolute atomic E-state index is 14.4. The van der Waals surface area contributed by atoms with E-state index in [0.717, 1.165) is 24.9 Å². The minimum absolute atomic E-state index is 0.106. The molecule has 0 fully saturated rings. The van der Waals surface area contributed by atoms with Gasteiger partial charge in [0.15, 0.2) is 23.1 Å². The lowest BCUT2D eigenvalue weighted by Crippen LogP contribution is -2.00. The van der Waals surface area contributed by atoms with Crippen molar-refractivity contribution in [2.75, 3.05) is 10.7 Å². The molecule has 0 bridgehead atoms. The van der Waals surface area contributed by atoms with Crippen molar-refractivity contribution in [3.8, 4) is 0 Å². The molecule has 23 heavy (non-hydrogen) atoms. The smallest absolute Gasteiger partial charge is 0.185 e. The van der Waals surface area contributed by atoms with Crippen LogP contribution in [0.1, 0.15) is 17.5 Å². The Bertz CT molecular complexity index is 906. The van der Waals surface area contributed by atoms with Crippen molar-refractivity contribution in [1.82, 2.24) is 15.2 Å². The summed E-state index contributed by atoms with van der Waals surface area (Å²) in [6.07, 6.45) is 3.13. The Kier molecular flexibility index (Phi) is 3.14. The second kappa shape index (κ2) is 5.31. The van der Waals surface area contributed by atoms with Gasteiger partial charge in [-0.1, -0.05) is 12.1 Å². The number of aryl methyl sites for hydroxylation is 1. The number of nitrogens with one attached hydrogen (secondary N) is 3. The Labute approximate surface area is 130 Å². The molecule has 7 nitrogen and oxygen atoms in total. The number of aromatic amines is 1. The number of anilines is 3. The van der Waals surface area contributed by atoms with E-state index in [0.29, 0.717) is 11.0 Å². The lowest BCUT2D eigenvalue weighted by molar-refractivity contribution is 0.629. The topological polar surface area (TPSA) is 95.1 Å². The monoisotopic (exact) mass is 312 g/mol. The number of benzene rings is 1. The van der Waals surface area contributed by atoms with Gasteiger partial charge in [-0.05, 0) is 42.5 Å². The zero-order valence-corrected chi connectivity index (χ0v) is 12.1. The quantitative estimate of drug-likeness (QED) is 0.507. The summed E-state index contributed by atoms with van der Waals surface area (Å²) in [5.41, 5.74) is 5.86. The van der Waals surface area contributed by atoms with Gasteiger partial charge in [-0.15, -0.1) is 4.91 Å². The van der Waals surface area contributed by atoms with Crippen molar-refractivity contribution in [2.45, 2.75) is 19.3 Å². The number of aromatic nitrogens is 3. The van der Waals surface area contributed by atoms with Gasteiger partial charge < -0.3 is 5.32 Å². The summed E-state index contributed by atoms with van der Waals surface area (Å²) >= 11 is 0. The predicted octanol–water partition coefficient (Wildman–Crippen LogP) is 3.42. The predicted molar refractivity (Wildman–Crippen MR) is 85.0 cm³/mol. The first-order valence-corrected chi connectivity index (χ1v) is 7.27. The van der Waals surface area contributed by atoms with Crippen molar-refractivity contribution in [3.05, 3.63) is 46.1 Å². The summed E-state index contributed by atoms with van der Waals surface area (Å²) in [6, 6.07) is 7.24. The number of nitrogens with zero attached hydrogens (tertiary/aromatic N) is 3. The van der Waals surface area contributed by atoms with Gasteiger partial charge in [-0.25, -0.2) is 14.8 Å². The average molecular weight is 312 g/mol. The molecule has 1 aromatic carbocycles. The highest BCUT2D eigenvalue weighted by Crippen LogP contribution is 2.32. The van der Waals surface area contributed by atoms with Crippen molar-refractivity contribution in [3.63, 3.8) is 0 Å². The van der Waals surface area contributed by atoms with Crippen LogP contribution < -0.4 is 10.7 Å². The number of hydrogen-bond donors (Lipinski definition) is 3. The average Bonchev–Trinajstić information content (AvgIpc) is 3.16. The highest BCUT2D eigenvalue weighted by atomic mass is 19.1. The van der Waals surface area contributed by atoms with Crippen molar-refractivity contribution >= 4 is 28.4 Å². The number of H-pyrrole nitrogens is 1. The van der Waals surface area contributed by atoms with Gasteiger partial charge in [0.05, 0.1) is 10.7 Å². The molecule has 0 saturated carbocycles. The van der Waals surface area contributed by atoms with Gasteiger partial charge in [-0.3, -0.25) is 5.10 Å². The van der Waals surface area contributed by atoms with Gasteiger partial charge >= 0.3 is 0 Å². The number of rotatable bonds is 4. The third-order valence-corrected chi connectivity index (χ3v) is 4.06. The molecule has 0 amide bonds. The minimum Gasteiger partial charge on any atom is -0.337 e. The summed E-state index contributed by atoms with van der Waals surface area (Å²) in [4.78, 5) is 14.5. The Morgan fingerprint density at radius 1 is 1.30 bits per heavy atom. The molecule has 8 heteroatoms. The van der Waals surface area contributed by atoms with Gasteiger partial charge in [-0.2, -0.15) is 5.10 Å². The molecule has 3 N–H and O–H groups in total. The van der Waals surface area contributed by atoms with Crippen LogP contribution in [0, 0.1) is 10.7 Å². The Hall–Kier alpha value is -3.03. The van der Waals surface area contributed by atoms with E-state index in [-0.39, 0.29) is 11.6 Å². The lowest BCUT2D eigenvalue weighted by atomic mass is 10.1. The summed E-state index contributed by atoms with van der Waals surface area (Å²) < 4.78 is 14.4. The molecule has 2 aromatic heterocycles. The molecule has 0 spiro atoms. The molecule has 2 heterocycles. The molecule has 0 aliphatic heterocycles. The van der Waals surface area contributed by atoms with E-state index < -0.39 is 5.82 Å². The molecule has 1 aliphatic rings. The number of fused-ring (bicyclic) bond motifs is 2. The fraction of sp³-hybridized carbons (Fsp3) is 0.200. The number of nitroso groups, excluding NO2 is 1. The van der Waals surface area contributed by atoms with E-state index in [1.54, 1.807) is 0 Å². The maximum atomic E-state index is 14.4. The molecule has 1 aliphatic carbocycles. The van der Waals surface area contributed by atoms with Crippen LogP contribution in [0.25, 0.3) is 11.0 Å². The van der Waals surface area contributed by atoms with Crippen molar-refractivity contribution in [2.24, 2.45) is 5.29 Å². The Balaban J connectivity index is 1.74. The Morgan fingerprint density at radius 2 is 2.22 bits per heavy atom. The van der Waals surface area contributed by atoms with E-state index >= 15 is 0 Å². The summed E-state index contributed by atoms with van der Waals surface area (Å²) in [7, 11) is 0. The summed E-state index contributed by atoms with van der Waals surface area (Å²) in [6.45, 7) is 0. The number of hydrogen-bond acceptors (Lipinski definition) is 5. The second-order valence-corrected chi connectivity index (χ2v) is 5.41. The van der Waals surface area contributed by atoms with Crippen LogP contribution >= 0.6 is 0 Å². The minimum atomic E-state index is -0.525. The van der Waals surface area contributed by atoms with Crippen LogP contribution in [-0.4, -0.2) is 15.2 Å². The number of pyridine rings is 1. The van der Waals surface area contributed by atoms with E-state index in [1.807, 2.05) is 12.1 Å². The molecule has 0 radical (unpaired) electrons. The van der Waals surface area contributed by atoms with Crippen LogP contribution in [-0.2, 0) is 12.8 Å². The lowest BCUT2D eigenvalue weighted by Gasteiger charge is -2.11. The molecular formula is C15H13FN6O. The molecule has 0 saturated heterocycles. The van der Waals surface area contributed by atoms with Crippen LogP contribution in [0.3, 0.4) is 0 Å². The third kappa shape index (κ3) is 2.28. The third-order valence-electron chi connectivity index (χ3n) is 4.06. The highest BCUT2D eigenvalue weighted by Gasteiger charge is 2.17. The molecule has 0 unspecified atom stereocenters. The fourth-order valence-electron chi connectivity index (χ4n) is 3.00. The van der Waals surface area contributed by atoms with Crippen LogP contribution in [0.15, 0.2) is 29.6 Å². The van der Waals surface area contributed by atoms with Crippen LogP contribution in [0.2, 0.25) is 0 Å². The van der Waals surface area contributed by atoms with Gasteiger partial charge in [0.25, 0.3) is 0 Å². The summed E-state index contributed by atoms with van der Waals surface area (Å²) in [5.74, 6) is -0.202. The highest BCUT2D eigenvalue weighted by molar-refractivity contribution is 5.88. The van der Waals surface area contributed by atoms with Gasteiger partial charge in [0.2, 0.25) is 0 Å². The van der Waals surface area contributed by atoms with Gasteiger partial charge in [0, 0.05) is 5.69 Å². The second-order valence-electron chi connectivity index (χ2n) is 5.41. The normalized spacial score (nSPS) is 13.1. The SMILES string of the molecule is O=NNc1[nH]nc2nc(Nc3cccc4c3CCC4)c(F)cc12. The van der Waals surface area contributed by atoms with E-state index in [9.17, 15) is 9.30 Å². The van der Waals surface area contributed by atoms with Crippen molar-refractivity contribution < 1.29 is 4.39 Å². The van der Waals surface area contributed by atoms with Crippen LogP contribution in [0.5, 0.6) is 0 Å². The molecular weight excluding hydrogens is 299 g/mol. The van der Waals surface area contributed by atoms with Gasteiger partial charge in [0.1, 0.15) is 0 Å². The maximum Gasteiger partial charge on any atom is 0.185 e. The zero-order chi connectivity index (χ0) is 15.8. The van der Waals surface area contributed by atoms with Crippen LogP contribution in [0.4, 0.5) is 21.7 Å². The fourth-order valence-corrected chi connectivity index (χ4v) is 3.00. The largest absolute Gasteiger partial charge is 0.337 e. The molecule has 3 aromatic rings. The first-order chi connectivity index (χ1) is 11.3. The van der Waals surface area contributed by atoms with E-state index in [4.69, 9.17) is 0 Å². The van der Waals surface area contributed by atoms with E-state index in [1.165, 1.54) is 17.2 Å². The van der Waals surface area contributed by atoms with Crippen molar-refractivity contribution in [1.29, 1.82) is 0 Å². The molecule has 0 atom stereocenters. The standard InChI is InChI=1S/C15H13FN6O/c16-11-7-10-13(19-20-14(10)21-22-23)18-15(11)17-12-6-2-4-8-3-1-5-9(8)12/h2,4,6-7H,1,3,5H2,(H3,17,18,19,20,21,23). The summed E-state index contributed by atoms with van der Waals surface area (Å²) in [5, 5.41) is 12.5. The van der Waals surface area contributed by atoms with E-state index in [2.05, 4.69) is 37.3 Å². The Morgan fingerprint density at radius 3 is 3.09 bits per heavy atom. The zero-order valence-electron chi connectivity index (χ0n) is 12.1.